The van der Waals surface area contributed by atoms with Crippen molar-refractivity contribution >= 4 is 22.8 Å². The van der Waals surface area contributed by atoms with Gasteiger partial charge in [-0.1, -0.05) is 6.07 Å². The quantitative estimate of drug-likeness (QED) is 0.766. The fraction of sp³-hybridized carbons (Fsp3) is 0.350. The van der Waals surface area contributed by atoms with Crippen LogP contribution in [0.5, 0.6) is 0 Å². The van der Waals surface area contributed by atoms with Crippen molar-refractivity contribution in [3.05, 3.63) is 54.2 Å². The predicted molar refractivity (Wildman–Crippen MR) is 103 cm³/mol. The number of nitrogens with zero attached hydrogens (tertiary/aromatic N) is 5. The highest BCUT2D eigenvalue weighted by Crippen LogP contribution is 2.26. The molecule has 1 fully saturated rings. The molecular formula is C20H22N6O. The van der Waals surface area contributed by atoms with Gasteiger partial charge in [0.25, 0.3) is 0 Å². The number of aromatic nitrogens is 4. The molecule has 7 nitrogen and oxygen atoms in total. The number of anilines is 1. The molecule has 0 aliphatic carbocycles. The van der Waals surface area contributed by atoms with Gasteiger partial charge >= 0.3 is 0 Å². The summed E-state index contributed by atoms with van der Waals surface area (Å²) < 4.78 is 0. The van der Waals surface area contributed by atoms with Crippen molar-refractivity contribution in [2.75, 3.05) is 18.0 Å². The van der Waals surface area contributed by atoms with Gasteiger partial charge in [0.2, 0.25) is 5.91 Å². The molecular weight excluding hydrogens is 340 g/mol. The number of hydrogen-bond acceptors (Lipinski definition) is 6. The van der Waals surface area contributed by atoms with Crippen LogP contribution < -0.4 is 10.2 Å². The summed E-state index contributed by atoms with van der Waals surface area (Å²) in [4.78, 5) is 32.3. The van der Waals surface area contributed by atoms with E-state index in [1.807, 2.05) is 37.3 Å². The lowest BCUT2D eigenvalue weighted by Gasteiger charge is -2.32. The Morgan fingerprint density at radius 3 is 2.78 bits per heavy atom. The van der Waals surface area contributed by atoms with Crippen LogP contribution in [0.25, 0.3) is 11.0 Å². The van der Waals surface area contributed by atoms with Crippen LogP contribution in [-0.4, -0.2) is 38.9 Å². The second kappa shape index (κ2) is 7.65. The van der Waals surface area contributed by atoms with Gasteiger partial charge in [-0.25, -0.2) is 15.0 Å². The molecule has 138 valence electrons. The van der Waals surface area contributed by atoms with Gasteiger partial charge in [0.15, 0.2) is 5.82 Å². The van der Waals surface area contributed by atoms with Crippen LogP contribution in [0, 0.1) is 12.8 Å². The molecule has 0 radical (unpaired) electrons. The fourth-order valence-electron chi connectivity index (χ4n) is 3.43. The summed E-state index contributed by atoms with van der Waals surface area (Å²) >= 11 is 0. The highest BCUT2D eigenvalue weighted by atomic mass is 16.1. The number of aryl methyl sites for hydroxylation is 1. The lowest BCUT2D eigenvalue weighted by atomic mass is 9.96. The maximum absolute atomic E-state index is 12.5. The number of carbonyl (C=O) groups excluding carboxylic acids is 1. The molecule has 4 heterocycles. The van der Waals surface area contributed by atoms with Crippen LogP contribution in [0.15, 0.2) is 42.9 Å². The zero-order valence-electron chi connectivity index (χ0n) is 15.3. The molecule has 3 aromatic rings. The normalized spacial score (nSPS) is 15.1. The van der Waals surface area contributed by atoms with E-state index in [-0.39, 0.29) is 11.8 Å². The molecule has 4 rings (SSSR count). The summed E-state index contributed by atoms with van der Waals surface area (Å²) in [6.07, 6.45) is 4.92. The van der Waals surface area contributed by atoms with E-state index in [0.717, 1.165) is 54.2 Å². The van der Waals surface area contributed by atoms with Crippen molar-refractivity contribution in [1.82, 2.24) is 25.3 Å². The zero-order valence-corrected chi connectivity index (χ0v) is 15.3. The Bertz CT molecular complexity index is 938. The van der Waals surface area contributed by atoms with Crippen LogP contribution in [0.2, 0.25) is 0 Å². The molecule has 0 saturated carbocycles. The summed E-state index contributed by atoms with van der Waals surface area (Å²) in [6, 6.07) is 9.64. The summed E-state index contributed by atoms with van der Waals surface area (Å²) in [5.41, 5.74) is 3.50. The molecule has 1 N–H and O–H groups in total. The monoisotopic (exact) mass is 362 g/mol. The third-order valence-electron chi connectivity index (χ3n) is 4.94. The number of pyridine rings is 2. The van der Waals surface area contributed by atoms with Crippen LogP contribution >= 0.6 is 0 Å². The van der Waals surface area contributed by atoms with Gasteiger partial charge < -0.3 is 10.2 Å². The van der Waals surface area contributed by atoms with Crippen molar-refractivity contribution in [3.8, 4) is 0 Å². The molecule has 3 aromatic heterocycles. The van der Waals surface area contributed by atoms with Crippen molar-refractivity contribution in [3.63, 3.8) is 0 Å². The lowest BCUT2D eigenvalue weighted by Crippen LogP contribution is -2.40. The van der Waals surface area contributed by atoms with Crippen molar-refractivity contribution < 1.29 is 4.79 Å². The average molecular weight is 362 g/mol. The van der Waals surface area contributed by atoms with Gasteiger partial charge in [0.05, 0.1) is 17.8 Å². The zero-order chi connectivity index (χ0) is 18.6. The minimum absolute atomic E-state index is 0.0211. The Morgan fingerprint density at radius 2 is 2.00 bits per heavy atom. The lowest BCUT2D eigenvalue weighted by molar-refractivity contribution is -0.125. The standard InChI is InChI=1S/C20H22N6O/c1-14-5-6-17-18(25-14)19(24-13-23-17)26-10-7-15(8-11-26)20(27)22-12-16-4-2-3-9-21-16/h2-6,9,13,15H,7-8,10-12H2,1H3,(H,22,27). The summed E-state index contributed by atoms with van der Waals surface area (Å²) in [5.74, 6) is 0.977. The van der Waals surface area contributed by atoms with E-state index in [4.69, 9.17) is 0 Å². The Kier molecular flexibility index (Phi) is 4.91. The highest BCUT2D eigenvalue weighted by Gasteiger charge is 2.26. The summed E-state index contributed by atoms with van der Waals surface area (Å²) in [7, 11) is 0. The topological polar surface area (TPSA) is 83.9 Å². The van der Waals surface area contributed by atoms with Crippen LogP contribution in [0.4, 0.5) is 5.82 Å². The van der Waals surface area contributed by atoms with Gasteiger partial charge in [-0.3, -0.25) is 9.78 Å². The molecule has 0 aromatic carbocycles. The first-order valence-electron chi connectivity index (χ1n) is 9.21. The Hall–Kier alpha value is -3.09. The molecule has 27 heavy (non-hydrogen) atoms. The minimum Gasteiger partial charge on any atom is -0.355 e. The molecule has 0 spiro atoms. The largest absolute Gasteiger partial charge is 0.355 e. The fourth-order valence-corrected chi connectivity index (χ4v) is 3.43. The van der Waals surface area contributed by atoms with E-state index in [1.165, 1.54) is 0 Å². The molecule has 7 heteroatoms. The molecule has 1 saturated heterocycles. The summed E-state index contributed by atoms with van der Waals surface area (Å²) in [5, 5.41) is 3.00. The van der Waals surface area contributed by atoms with Gasteiger partial charge in [-0.05, 0) is 44.0 Å². The number of hydrogen-bond donors (Lipinski definition) is 1. The number of amides is 1. The second-order valence-electron chi connectivity index (χ2n) is 6.82. The molecule has 1 amide bonds. The van der Waals surface area contributed by atoms with Crippen LogP contribution in [0.1, 0.15) is 24.2 Å². The van der Waals surface area contributed by atoms with E-state index < -0.39 is 0 Å². The molecule has 0 atom stereocenters. The maximum Gasteiger partial charge on any atom is 0.223 e. The van der Waals surface area contributed by atoms with Gasteiger partial charge in [-0.2, -0.15) is 0 Å². The number of nitrogens with one attached hydrogen (secondary N) is 1. The van der Waals surface area contributed by atoms with Gasteiger partial charge in [0.1, 0.15) is 11.8 Å². The maximum atomic E-state index is 12.5. The van der Waals surface area contributed by atoms with Gasteiger partial charge in [-0.15, -0.1) is 0 Å². The number of piperidine rings is 1. The SMILES string of the molecule is Cc1ccc2ncnc(N3CCC(C(=O)NCc4ccccn4)CC3)c2n1. The molecule has 1 aliphatic heterocycles. The number of carbonyl (C=O) groups is 1. The van der Waals surface area contributed by atoms with E-state index in [1.54, 1.807) is 12.5 Å². The highest BCUT2D eigenvalue weighted by molar-refractivity contribution is 5.85. The minimum atomic E-state index is 0.0211. The first-order valence-corrected chi connectivity index (χ1v) is 9.21. The van der Waals surface area contributed by atoms with E-state index in [2.05, 4.69) is 30.2 Å². The average Bonchev–Trinajstić information content (AvgIpc) is 2.72. The van der Waals surface area contributed by atoms with E-state index in [9.17, 15) is 4.79 Å². The Balaban J connectivity index is 1.39. The third-order valence-corrected chi connectivity index (χ3v) is 4.94. The van der Waals surface area contributed by atoms with Crippen LogP contribution in [-0.2, 0) is 11.3 Å². The first-order chi connectivity index (χ1) is 13.2. The molecule has 1 aliphatic rings. The van der Waals surface area contributed by atoms with E-state index in [0.29, 0.717) is 6.54 Å². The van der Waals surface area contributed by atoms with E-state index >= 15 is 0 Å². The molecule has 0 bridgehead atoms. The van der Waals surface area contributed by atoms with Crippen molar-refractivity contribution in [2.24, 2.45) is 5.92 Å². The molecule has 0 unspecified atom stereocenters. The summed E-state index contributed by atoms with van der Waals surface area (Å²) in [6.45, 7) is 4.00. The Morgan fingerprint density at radius 1 is 1.15 bits per heavy atom. The smallest absolute Gasteiger partial charge is 0.223 e. The third kappa shape index (κ3) is 3.86. The van der Waals surface area contributed by atoms with Crippen molar-refractivity contribution in [2.45, 2.75) is 26.3 Å². The first kappa shape index (κ1) is 17.3. The number of fused-ring (bicyclic) bond motifs is 1. The predicted octanol–water partition coefficient (Wildman–Crippen LogP) is 2.26. The van der Waals surface area contributed by atoms with Crippen molar-refractivity contribution in [1.29, 1.82) is 0 Å². The van der Waals surface area contributed by atoms with Gasteiger partial charge in [0, 0.05) is 30.9 Å². The van der Waals surface area contributed by atoms with Crippen LogP contribution in [0.3, 0.4) is 0 Å². The number of rotatable bonds is 4. The Labute approximate surface area is 157 Å². The second-order valence-corrected chi connectivity index (χ2v) is 6.82.